The summed E-state index contributed by atoms with van der Waals surface area (Å²) in [6, 6.07) is 0. The molecule has 0 saturated carbocycles. The summed E-state index contributed by atoms with van der Waals surface area (Å²) in [4.78, 5) is 14.6. The SMILES string of the molecule is COC(=O)Cc1c(Cl)cnc(C(F)F)c1OC. The van der Waals surface area contributed by atoms with Gasteiger partial charge in [0.1, 0.15) is 5.69 Å². The second-order valence-electron chi connectivity index (χ2n) is 3.06. The van der Waals surface area contributed by atoms with Gasteiger partial charge in [-0.25, -0.2) is 13.8 Å². The van der Waals surface area contributed by atoms with E-state index in [1.54, 1.807) is 0 Å². The number of ether oxygens (including phenoxy) is 2. The normalized spacial score (nSPS) is 10.5. The number of esters is 1. The van der Waals surface area contributed by atoms with Crippen LogP contribution in [0.4, 0.5) is 8.78 Å². The Morgan fingerprint density at radius 1 is 1.53 bits per heavy atom. The predicted molar refractivity (Wildman–Crippen MR) is 56.5 cm³/mol. The van der Waals surface area contributed by atoms with Crippen molar-refractivity contribution < 1.29 is 23.0 Å². The number of hydrogen-bond donors (Lipinski definition) is 0. The summed E-state index contributed by atoms with van der Waals surface area (Å²) in [7, 11) is 2.40. The van der Waals surface area contributed by atoms with Crippen molar-refractivity contribution in [2.45, 2.75) is 12.8 Å². The van der Waals surface area contributed by atoms with Crippen LogP contribution in [0.15, 0.2) is 6.20 Å². The second kappa shape index (κ2) is 5.77. The van der Waals surface area contributed by atoms with Gasteiger partial charge in [-0.2, -0.15) is 0 Å². The van der Waals surface area contributed by atoms with Crippen LogP contribution in [0.5, 0.6) is 5.75 Å². The molecule has 0 bridgehead atoms. The molecular weight excluding hydrogens is 256 g/mol. The molecule has 0 amide bonds. The van der Waals surface area contributed by atoms with Crippen molar-refractivity contribution in [1.29, 1.82) is 0 Å². The number of aromatic nitrogens is 1. The van der Waals surface area contributed by atoms with Gasteiger partial charge >= 0.3 is 5.97 Å². The first-order valence-electron chi connectivity index (χ1n) is 4.57. The number of methoxy groups -OCH3 is 2. The molecular formula is C10H10ClF2NO3. The van der Waals surface area contributed by atoms with E-state index in [2.05, 4.69) is 9.72 Å². The largest absolute Gasteiger partial charge is 0.494 e. The van der Waals surface area contributed by atoms with Crippen molar-refractivity contribution in [3.05, 3.63) is 22.5 Å². The summed E-state index contributed by atoms with van der Waals surface area (Å²) < 4.78 is 34.6. The fourth-order valence-electron chi connectivity index (χ4n) is 1.29. The molecule has 0 aliphatic rings. The van der Waals surface area contributed by atoms with Crippen LogP contribution in [-0.2, 0) is 16.0 Å². The topological polar surface area (TPSA) is 48.4 Å². The number of halogens is 3. The number of nitrogens with zero attached hydrogens (tertiary/aromatic N) is 1. The quantitative estimate of drug-likeness (QED) is 0.785. The third-order valence-electron chi connectivity index (χ3n) is 2.07. The lowest BCUT2D eigenvalue weighted by molar-refractivity contribution is -0.139. The van der Waals surface area contributed by atoms with Crippen LogP contribution in [-0.4, -0.2) is 25.2 Å². The number of rotatable bonds is 4. The summed E-state index contributed by atoms with van der Waals surface area (Å²) in [5, 5.41) is 0.0802. The second-order valence-corrected chi connectivity index (χ2v) is 3.46. The van der Waals surface area contributed by atoms with Gasteiger partial charge in [0.25, 0.3) is 6.43 Å². The van der Waals surface area contributed by atoms with Crippen LogP contribution in [0.3, 0.4) is 0 Å². The molecule has 0 N–H and O–H groups in total. The maximum atomic E-state index is 12.6. The average Bonchev–Trinajstić information content (AvgIpc) is 2.30. The third-order valence-corrected chi connectivity index (χ3v) is 2.40. The predicted octanol–water partition coefficient (Wildman–Crippen LogP) is 2.40. The monoisotopic (exact) mass is 265 g/mol. The zero-order valence-electron chi connectivity index (χ0n) is 9.17. The van der Waals surface area contributed by atoms with Gasteiger partial charge in [-0.3, -0.25) is 4.79 Å². The molecule has 1 heterocycles. The Labute approximate surface area is 101 Å². The molecule has 1 aromatic rings. The van der Waals surface area contributed by atoms with Crippen LogP contribution in [0, 0.1) is 0 Å². The Balaban J connectivity index is 3.25. The minimum absolute atomic E-state index is 0.0802. The molecule has 0 atom stereocenters. The van der Waals surface area contributed by atoms with Gasteiger partial charge in [0.15, 0.2) is 5.75 Å². The first-order chi connectivity index (χ1) is 8.01. The molecule has 4 nitrogen and oxygen atoms in total. The third kappa shape index (κ3) is 3.03. The molecule has 17 heavy (non-hydrogen) atoms. The molecule has 0 radical (unpaired) electrons. The van der Waals surface area contributed by atoms with Crippen molar-refractivity contribution in [3.8, 4) is 5.75 Å². The lowest BCUT2D eigenvalue weighted by Gasteiger charge is -2.12. The summed E-state index contributed by atoms with van der Waals surface area (Å²) in [5.41, 5.74) is -0.401. The molecule has 0 saturated heterocycles. The van der Waals surface area contributed by atoms with Crippen LogP contribution in [0.2, 0.25) is 5.02 Å². The standard InChI is InChI=1S/C10H10ClF2NO3/c1-16-7(15)3-5-6(11)4-14-8(10(12)13)9(5)17-2/h4,10H,3H2,1-2H3. The number of carbonyl (C=O) groups excluding carboxylic acids is 1. The molecule has 0 spiro atoms. The van der Waals surface area contributed by atoms with Gasteiger partial charge in [0.05, 0.1) is 25.7 Å². The van der Waals surface area contributed by atoms with E-state index in [0.717, 1.165) is 6.20 Å². The molecule has 0 aliphatic carbocycles. The van der Waals surface area contributed by atoms with Crippen LogP contribution < -0.4 is 4.74 Å². The van der Waals surface area contributed by atoms with E-state index in [1.807, 2.05) is 0 Å². The fraction of sp³-hybridized carbons (Fsp3) is 0.400. The van der Waals surface area contributed by atoms with Crippen LogP contribution >= 0.6 is 11.6 Å². The highest BCUT2D eigenvalue weighted by molar-refractivity contribution is 6.31. The average molecular weight is 266 g/mol. The summed E-state index contributed by atoms with van der Waals surface area (Å²) in [5.74, 6) is -0.783. The van der Waals surface area contributed by atoms with Crippen molar-refractivity contribution in [2.75, 3.05) is 14.2 Å². The lowest BCUT2D eigenvalue weighted by atomic mass is 10.1. The van der Waals surface area contributed by atoms with E-state index in [4.69, 9.17) is 16.3 Å². The van der Waals surface area contributed by atoms with Gasteiger partial charge in [-0.15, -0.1) is 0 Å². The maximum absolute atomic E-state index is 12.6. The van der Waals surface area contributed by atoms with Gasteiger partial charge in [0, 0.05) is 11.8 Å². The number of alkyl halides is 2. The number of carbonyl (C=O) groups is 1. The minimum atomic E-state index is -2.81. The zero-order valence-corrected chi connectivity index (χ0v) is 9.92. The number of hydrogen-bond acceptors (Lipinski definition) is 4. The van der Waals surface area contributed by atoms with Gasteiger partial charge < -0.3 is 9.47 Å². The Kier molecular flexibility index (Phi) is 4.62. The highest BCUT2D eigenvalue weighted by Crippen LogP contribution is 2.34. The highest BCUT2D eigenvalue weighted by Gasteiger charge is 2.22. The Hall–Kier alpha value is -1.43. The molecule has 0 unspecified atom stereocenters. The van der Waals surface area contributed by atoms with E-state index in [9.17, 15) is 13.6 Å². The van der Waals surface area contributed by atoms with E-state index in [-0.39, 0.29) is 22.8 Å². The van der Waals surface area contributed by atoms with E-state index in [0.29, 0.717) is 0 Å². The van der Waals surface area contributed by atoms with E-state index < -0.39 is 18.1 Å². The Morgan fingerprint density at radius 3 is 2.65 bits per heavy atom. The van der Waals surface area contributed by atoms with E-state index >= 15 is 0 Å². The Bertz CT molecular complexity index is 426. The van der Waals surface area contributed by atoms with Crippen LogP contribution in [0.25, 0.3) is 0 Å². The van der Waals surface area contributed by atoms with Gasteiger partial charge in [-0.05, 0) is 0 Å². The van der Waals surface area contributed by atoms with Crippen molar-refractivity contribution >= 4 is 17.6 Å². The van der Waals surface area contributed by atoms with E-state index in [1.165, 1.54) is 14.2 Å². The number of pyridine rings is 1. The smallest absolute Gasteiger partial charge is 0.310 e. The van der Waals surface area contributed by atoms with Crippen LogP contribution in [0.1, 0.15) is 17.7 Å². The summed E-state index contributed by atoms with van der Waals surface area (Å²) >= 11 is 5.79. The lowest BCUT2D eigenvalue weighted by Crippen LogP contribution is -2.09. The molecule has 0 aliphatic heterocycles. The summed E-state index contributed by atoms with van der Waals surface area (Å²) in [6.45, 7) is 0. The first kappa shape index (κ1) is 13.6. The Morgan fingerprint density at radius 2 is 2.18 bits per heavy atom. The molecule has 7 heteroatoms. The molecule has 0 fully saturated rings. The molecule has 1 rings (SSSR count). The fourth-order valence-corrected chi connectivity index (χ4v) is 1.49. The van der Waals surface area contributed by atoms with Crippen molar-refractivity contribution in [3.63, 3.8) is 0 Å². The molecule has 94 valence electrons. The van der Waals surface area contributed by atoms with Gasteiger partial charge in [0.2, 0.25) is 0 Å². The minimum Gasteiger partial charge on any atom is -0.494 e. The van der Waals surface area contributed by atoms with Crippen molar-refractivity contribution in [1.82, 2.24) is 4.98 Å². The summed E-state index contributed by atoms with van der Waals surface area (Å²) in [6.07, 6.45) is -2.00. The maximum Gasteiger partial charge on any atom is 0.310 e. The first-order valence-corrected chi connectivity index (χ1v) is 4.95. The zero-order chi connectivity index (χ0) is 13.0. The molecule has 0 aromatic carbocycles. The molecule has 1 aromatic heterocycles. The highest BCUT2D eigenvalue weighted by atomic mass is 35.5. The van der Waals surface area contributed by atoms with Crippen molar-refractivity contribution in [2.24, 2.45) is 0 Å². The van der Waals surface area contributed by atoms with Gasteiger partial charge in [-0.1, -0.05) is 11.6 Å².